The Bertz CT molecular complexity index is 614. The van der Waals surface area contributed by atoms with Crippen LogP contribution in [-0.2, 0) is 15.1 Å². The van der Waals surface area contributed by atoms with Crippen molar-refractivity contribution in [3.8, 4) is 5.75 Å². The van der Waals surface area contributed by atoms with Crippen molar-refractivity contribution in [1.82, 2.24) is 0 Å². The second-order valence-electron chi connectivity index (χ2n) is 5.49. The van der Waals surface area contributed by atoms with E-state index in [1.807, 2.05) is 0 Å². The second kappa shape index (κ2) is 5.92. The third-order valence-corrected chi connectivity index (χ3v) is 3.76. The number of nitrogens with zero attached hydrogens (tertiary/aromatic N) is 1. The van der Waals surface area contributed by atoms with E-state index in [1.54, 1.807) is 20.8 Å². The monoisotopic (exact) mass is 309 g/mol. The molecule has 0 bridgehead atoms. The van der Waals surface area contributed by atoms with E-state index in [0.29, 0.717) is 16.9 Å². The Labute approximate surface area is 128 Å². The Morgan fingerprint density at radius 2 is 2.27 bits per heavy atom. The Morgan fingerprint density at radius 1 is 1.59 bits per heavy atom. The molecule has 1 heterocycles. The van der Waals surface area contributed by atoms with Gasteiger partial charge in [0.15, 0.2) is 0 Å². The molecule has 1 aliphatic rings. The van der Waals surface area contributed by atoms with Crippen molar-refractivity contribution in [1.29, 1.82) is 0 Å². The highest BCUT2D eigenvalue weighted by molar-refractivity contribution is 5.72. The van der Waals surface area contributed by atoms with Crippen LogP contribution in [0.15, 0.2) is 12.1 Å². The summed E-state index contributed by atoms with van der Waals surface area (Å²) in [5.74, 6) is -0.176. The van der Waals surface area contributed by atoms with Gasteiger partial charge >= 0.3 is 5.97 Å². The Hall–Kier alpha value is -2.15. The van der Waals surface area contributed by atoms with E-state index in [4.69, 9.17) is 9.47 Å². The summed E-state index contributed by atoms with van der Waals surface area (Å²) in [4.78, 5) is 22.4. The van der Waals surface area contributed by atoms with Gasteiger partial charge in [0.2, 0.25) is 0 Å². The van der Waals surface area contributed by atoms with Crippen molar-refractivity contribution < 1.29 is 24.3 Å². The van der Waals surface area contributed by atoms with Gasteiger partial charge in [-0.15, -0.1) is 0 Å². The number of nitro groups is 1. The van der Waals surface area contributed by atoms with E-state index in [2.05, 4.69) is 0 Å². The van der Waals surface area contributed by atoms with E-state index in [1.165, 1.54) is 12.1 Å². The van der Waals surface area contributed by atoms with E-state index in [9.17, 15) is 20.0 Å². The first kappa shape index (κ1) is 16.2. The molecule has 7 heteroatoms. The number of hydrogen-bond acceptors (Lipinski definition) is 6. The molecule has 0 unspecified atom stereocenters. The summed E-state index contributed by atoms with van der Waals surface area (Å²) in [7, 11) is 0. The number of fused-ring (bicyclic) bond motifs is 1. The van der Waals surface area contributed by atoms with Crippen molar-refractivity contribution >= 4 is 11.7 Å². The molecule has 0 saturated carbocycles. The molecule has 22 heavy (non-hydrogen) atoms. The molecule has 2 atom stereocenters. The SMILES string of the molecule is CCOC(=O)C[C@]1(O)C[C@@H](C)Oc2ccc([N+](=O)[O-])c(C)c21. The third-order valence-electron chi connectivity index (χ3n) is 3.76. The zero-order valence-electron chi connectivity index (χ0n) is 12.8. The first-order valence-electron chi connectivity index (χ1n) is 7.11. The summed E-state index contributed by atoms with van der Waals surface area (Å²) in [5.41, 5.74) is -1.04. The molecule has 0 amide bonds. The fraction of sp³-hybridized carbons (Fsp3) is 0.533. The summed E-state index contributed by atoms with van der Waals surface area (Å²) in [5, 5.41) is 22.1. The van der Waals surface area contributed by atoms with Gasteiger partial charge in [-0.2, -0.15) is 0 Å². The number of aliphatic hydroxyl groups is 1. The molecule has 0 aromatic heterocycles. The maximum absolute atomic E-state index is 11.8. The third kappa shape index (κ3) is 2.89. The molecule has 0 fully saturated rings. The molecule has 0 radical (unpaired) electrons. The molecular formula is C15H19NO6. The minimum atomic E-state index is -1.53. The zero-order valence-corrected chi connectivity index (χ0v) is 12.8. The number of hydrogen-bond donors (Lipinski definition) is 1. The van der Waals surface area contributed by atoms with Crippen molar-refractivity contribution in [2.24, 2.45) is 0 Å². The van der Waals surface area contributed by atoms with Gasteiger partial charge in [-0.1, -0.05) is 0 Å². The average molecular weight is 309 g/mol. The molecule has 120 valence electrons. The molecule has 1 aliphatic heterocycles. The summed E-state index contributed by atoms with van der Waals surface area (Å²) in [6, 6.07) is 2.81. The Balaban J connectivity index is 2.52. The van der Waals surface area contributed by atoms with Crippen LogP contribution in [0.4, 0.5) is 5.69 Å². The normalized spacial score (nSPS) is 23.4. The van der Waals surface area contributed by atoms with Crippen LogP contribution in [0.3, 0.4) is 0 Å². The minimum absolute atomic E-state index is 0.112. The molecule has 0 spiro atoms. The lowest BCUT2D eigenvalue weighted by molar-refractivity contribution is -0.385. The van der Waals surface area contributed by atoms with Crippen LogP contribution in [0.25, 0.3) is 0 Å². The van der Waals surface area contributed by atoms with E-state index in [-0.39, 0.29) is 31.2 Å². The summed E-state index contributed by atoms with van der Waals surface area (Å²) >= 11 is 0. The van der Waals surface area contributed by atoms with Crippen LogP contribution in [-0.4, -0.2) is 28.7 Å². The molecule has 1 aromatic carbocycles. The number of ether oxygens (including phenoxy) is 2. The lowest BCUT2D eigenvalue weighted by atomic mass is 9.80. The van der Waals surface area contributed by atoms with Gasteiger partial charge in [-0.05, 0) is 26.8 Å². The second-order valence-corrected chi connectivity index (χ2v) is 5.49. The number of esters is 1. The first-order valence-corrected chi connectivity index (χ1v) is 7.11. The Kier molecular flexibility index (Phi) is 4.37. The van der Waals surface area contributed by atoms with E-state index < -0.39 is 16.5 Å². The summed E-state index contributed by atoms with van der Waals surface area (Å²) in [6.07, 6.45) is -0.405. The fourth-order valence-corrected chi connectivity index (χ4v) is 3.00. The minimum Gasteiger partial charge on any atom is -0.490 e. The van der Waals surface area contributed by atoms with Crippen LogP contribution < -0.4 is 4.74 Å². The summed E-state index contributed by atoms with van der Waals surface area (Å²) < 4.78 is 10.6. The number of carbonyl (C=O) groups excluding carboxylic acids is 1. The standard InChI is InChI=1S/C15H19NO6/c1-4-21-13(17)8-15(18)7-9(2)22-12-6-5-11(16(19)20)10(3)14(12)15/h5-6,9,18H,4,7-8H2,1-3H3/t9-,15-/m1/s1. The zero-order chi connectivity index (χ0) is 16.5. The predicted molar refractivity (Wildman–Crippen MR) is 77.7 cm³/mol. The lowest BCUT2D eigenvalue weighted by Gasteiger charge is -2.37. The van der Waals surface area contributed by atoms with Crippen molar-refractivity contribution in [3.05, 3.63) is 33.4 Å². The highest BCUT2D eigenvalue weighted by Crippen LogP contribution is 2.45. The molecule has 7 nitrogen and oxygen atoms in total. The number of nitro benzene ring substituents is 1. The van der Waals surface area contributed by atoms with Crippen molar-refractivity contribution in [2.45, 2.75) is 45.3 Å². The molecule has 0 aliphatic carbocycles. The Morgan fingerprint density at radius 3 is 2.86 bits per heavy atom. The van der Waals surface area contributed by atoms with Crippen LogP contribution in [0, 0.1) is 17.0 Å². The number of benzene rings is 1. The van der Waals surface area contributed by atoms with E-state index >= 15 is 0 Å². The van der Waals surface area contributed by atoms with Gasteiger partial charge in [0.05, 0.1) is 24.1 Å². The molecule has 1 aromatic rings. The quantitative estimate of drug-likeness (QED) is 0.520. The first-order chi connectivity index (χ1) is 10.3. The topological polar surface area (TPSA) is 98.9 Å². The lowest BCUT2D eigenvalue weighted by Crippen LogP contribution is -2.40. The maximum atomic E-state index is 11.8. The van der Waals surface area contributed by atoms with Crippen LogP contribution in [0.1, 0.15) is 37.8 Å². The fourth-order valence-electron chi connectivity index (χ4n) is 3.00. The highest BCUT2D eigenvalue weighted by atomic mass is 16.6. The van der Waals surface area contributed by atoms with Crippen LogP contribution in [0.5, 0.6) is 5.75 Å². The molecule has 2 rings (SSSR count). The summed E-state index contributed by atoms with van der Waals surface area (Å²) in [6.45, 7) is 5.21. The van der Waals surface area contributed by atoms with Crippen LogP contribution in [0.2, 0.25) is 0 Å². The van der Waals surface area contributed by atoms with Crippen LogP contribution >= 0.6 is 0 Å². The predicted octanol–water partition coefficient (Wildman–Crippen LogP) is 2.22. The van der Waals surface area contributed by atoms with Crippen molar-refractivity contribution in [2.75, 3.05) is 6.61 Å². The maximum Gasteiger partial charge on any atom is 0.309 e. The van der Waals surface area contributed by atoms with Gasteiger partial charge < -0.3 is 14.6 Å². The average Bonchev–Trinajstić information content (AvgIpc) is 2.36. The van der Waals surface area contributed by atoms with Gasteiger partial charge in [0.25, 0.3) is 5.69 Å². The van der Waals surface area contributed by atoms with Gasteiger partial charge in [-0.25, -0.2) is 0 Å². The largest absolute Gasteiger partial charge is 0.490 e. The smallest absolute Gasteiger partial charge is 0.309 e. The van der Waals surface area contributed by atoms with E-state index in [0.717, 1.165) is 0 Å². The van der Waals surface area contributed by atoms with Gasteiger partial charge in [0, 0.05) is 23.6 Å². The molecular weight excluding hydrogens is 290 g/mol. The number of rotatable bonds is 4. The molecule has 0 saturated heterocycles. The van der Waals surface area contributed by atoms with Gasteiger partial charge in [-0.3, -0.25) is 14.9 Å². The highest BCUT2D eigenvalue weighted by Gasteiger charge is 2.43. The molecule has 1 N–H and O–H groups in total. The number of carbonyl (C=O) groups is 1. The van der Waals surface area contributed by atoms with Crippen molar-refractivity contribution in [3.63, 3.8) is 0 Å². The van der Waals surface area contributed by atoms with Gasteiger partial charge in [0.1, 0.15) is 11.4 Å².